The van der Waals surface area contributed by atoms with Crippen molar-refractivity contribution < 1.29 is 0 Å². The third-order valence-electron chi connectivity index (χ3n) is 1.28. The molecule has 0 bridgehead atoms. The van der Waals surface area contributed by atoms with Gasteiger partial charge in [-0.3, -0.25) is 5.84 Å². The molecule has 0 aliphatic heterocycles. The van der Waals surface area contributed by atoms with Gasteiger partial charge in [0.1, 0.15) is 0 Å². The largest absolute Gasteiger partial charge is 0.303 e. The normalized spacial score (nSPS) is 12.0. The number of hydrogen-bond donors (Lipinski definition) is 3. The summed E-state index contributed by atoms with van der Waals surface area (Å²) in [6, 6.07) is 0. The summed E-state index contributed by atoms with van der Waals surface area (Å²) in [6.45, 7) is 8.39. The molecule has 0 unspecified atom stereocenters. The number of nitrogens with one attached hydrogen (secondary N) is 2. The molecule has 62 valence electrons. The Morgan fingerprint density at radius 2 is 1.90 bits per heavy atom. The van der Waals surface area contributed by atoms with Gasteiger partial charge in [-0.25, -0.2) is 5.43 Å². The lowest BCUT2D eigenvalue weighted by atomic mass is 9.92. The number of hydrazine groups is 1. The molecule has 0 aromatic rings. The summed E-state index contributed by atoms with van der Waals surface area (Å²) in [5.41, 5.74) is 2.96. The summed E-state index contributed by atoms with van der Waals surface area (Å²) >= 11 is 0. The Balaban J connectivity index is 3.04. The molecule has 3 heteroatoms. The zero-order valence-electron chi connectivity index (χ0n) is 7.20. The van der Waals surface area contributed by atoms with Gasteiger partial charge >= 0.3 is 0 Å². The number of rotatable bonds is 4. The first-order valence-corrected chi connectivity index (χ1v) is 3.70. The summed E-state index contributed by atoms with van der Waals surface area (Å²) in [6.07, 6.45) is 1.18. The van der Waals surface area contributed by atoms with E-state index in [1.807, 2.05) is 0 Å². The second-order valence-corrected chi connectivity index (χ2v) is 3.69. The molecule has 0 radical (unpaired) electrons. The van der Waals surface area contributed by atoms with E-state index in [0.29, 0.717) is 12.1 Å². The van der Waals surface area contributed by atoms with E-state index >= 15 is 0 Å². The molecular weight excluding hydrogens is 126 g/mol. The van der Waals surface area contributed by atoms with Gasteiger partial charge in [-0.1, -0.05) is 20.8 Å². The minimum absolute atomic E-state index is 0.418. The molecular formula is C7H19N3. The molecule has 4 N–H and O–H groups in total. The summed E-state index contributed by atoms with van der Waals surface area (Å²) in [5.74, 6) is 5.07. The van der Waals surface area contributed by atoms with Gasteiger partial charge in [-0.05, 0) is 18.4 Å². The topological polar surface area (TPSA) is 50.1 Å². The van der Waals surface area contributed by atoms with Crippen LogP contribution in [0.25, 0.3) is 0 Å². The van der Waals surface area contributed by atoms with Gasteiger partial charge in [0.15, 0.2) is 0 Å². The zero-order chi connectivity index (χ0) is 8.04. The molecule has 0 aromatic carbocycles. The maximum Gasteiger partial charge on any atom is 0.0587 e. The van der Waals surface area contributed by atoms with Crippen LogP contribution in [0.2, 0.25) is 0 Å². The quantitative estimate of drug-likeness (QED) is 0.233. The fraction of sp³-hybridized carbons (Fsp3) is 1.00. The Morgan fingerprint density at radius 1 is 1.30 bits per heavy atom. The standard InChI is InChI=1S/C7H19N3/c1-7(2,3)4-5-9-6-10-8/h9-10H,4-6,8H2,1-3H3. The van der Waals surface area contributed by atoms with Gasteiger partial charge in [0.05, 0.1) is 6.67 Å². The first kappa shape index (κ1) is 9.88. The lowest BCUT2D eigenvalue weighted by Crippen LogP contribution is -2.35. The predicted octanol–water partition coefficient (Wildman–Crippen LogP) is 0.433. The van der Waals surface area contributed by atoms with Crippen LogP contribution in [0.3, 0.4) is 0 Å². The molecule has 0 spiro atoms. The van der Waals surface area contributed by atoms with Crippen molar-refractivity contribution in [2.24, 2.45) is 11.3 Å². The van der Waals surface area contributed by atoms with Crippen LogP contribution in [0.1, 0.15) is 27.2 Å². The van der Waals surface area contributed by atoms with Crippen molar-refractivity contribution >= 4 is 0 Å². The van der Waals surface area contributed by atoms with E-state index < -0.39 is 0 Å². The predicted molar refractivity (Wildman–Crippen MR) is 44.3 cm³/mol. The first-order valence-electron chi connectivity index (χ1n) is 3.70. The van der Waals surface area contributed by atoms with Gasteiger partial charge in [0, 0.05) is 0 Å². The smallest absolute Gasteiger partial charge is 0.0587 e. The summed E-state index contributed by atoms with van der Waals surface area (Å²) in [7, 11) is 0. The zero-order valence-corrected chi connectivity index (χ0v) is 7.20. The molecule has 0 heterocycles. The minimum atomic E-state index is 0.418. The average Bonchev–Trinajstić information content (AvgIpc) is 1.78. The van der Waals surface area contributed by atoms with Crippen molar-refractivity contribution in [2.45, 2.75) is 27.2 Å². The van der Waals surface area contributed by atoms with E-state index in [9.17, 15) is 0 Å². The van der Waals surface area contributed by atoms with Crippen LogP contribution in [-0.4, -0.2) is 13.2 Å². The molecule has 10 heavy (non-hydrogen) atoms. The molecule has 0 atom stereocenters. The van der Waals surface area contributed by atoms with Crippen molar-refractivity contribution in [1.82, 2.24) is 10.7 Å². The molecule has 0 saturated carbocycles. The maximum absolute atomic E-state index is 5.07. The van der Waals surface area contributed by atoms with Gasteiger partial charge in [0.25, 0.3) is 0 Å². The molecule has 0 saturated heterocycles. The summed E-state index contributed by atoms with van der Waals surface area (Å²) < 4.78 is 0. The van der Waals surface area contributed by atoms with Crippen molar-refractivity contribution in [3.63, 3.8) is 0 Å². The van der Waals surface area contributed by atoms with Crippen molar-refractivity contribution in [3.8, 4) is 0 Å². The van der Waals surface area contributed by atoms with Gasteiger partial charge < -0.3 is 5.32 Å². The average molecular weight is 145 g/mol. The molecule has 0 amide bonds. The Bertz CT molecular complexity index is 75.4. The monoisotopic (exact) mass is 145 g/mol. The SMILES string of the molecule is CC(C)(C)CCNCNN. The minimum Gasteiger partial charge on any atom is -0.303 e. The number of hydrogen-bond acceptors (Lipinski definition) is 3. The molecule has 0 aromatic heterocycles. The Morgan fingerprint density at radius 3 is 2.30 bits per heavy atom. The van der Waals surface area contributed by atoms with E-state index in [2.05, 4.69) is 31.5 Å². The highest BCUT2D eigenvalue weighted by atomic mass is 15.3. The van der Waals surface area contributed by atoms with Crippen molar-refractivity contribution in [2.75, 3.05) is 13.2 Å². The highest BCUT2D eigenvalue weighted by molar-refractivity contribution is 4.62. The van der Waals surface area contributed by atoms with E-state index in [1.54, 1.807) is 0 Å². The van der Waals surface area contributed by atoms with Crippen LogP contribution in [-0.2, 0) is 0 Å². The van der Waals surface area contributed by atoms with Gasteiger partial charge in [-0.2, -0.15) is 0 Å². The third-order valence-corrected chi connectivity index (χ3v) is 1.28. The lowest BCUT2D eigenvalue weighted by molar-refractivity contribution is 0.364. The van der Waals surface area contributed by atoms with Crippen LogP contribution in [0, 0.1) is 5.41 Å². The molecule has 0 rings (SSSR count). The maximum atomic E-state index is 5.07. The lowest BCUT2D eigenvalue weighted by Gasteiger charge is -2.17. The third kappa shape index (κ3) is 7.88. The van der Waals surface area contributed by atoms with Crippen molar-refractivity contribution in [1.29, 1.82) is 0 Å². The van der Waals surface area contributed by atoms with Crippen LogP contribution in [0.4, 0.5) is 0 Å². The van der Waals surface area contributed by atoms with Crippen LogP contribution < -0.4 is 16.6 Å². The van der Waals surface area contributed by atoms with Crippen molar-refractivity contribution in [3.05, 3.63) is 0 Å². The van der Waals surface area contributed by atoms with Crippen LogP contribution >= 0.6 is 0 Å². The second kappa shape index (κ2) is 4.66. The highest BCUT2D eigenvalue weighted by Crippen LogP contribution is 2.16. The molecule has 3 nitrogen and oxygen atoms in total. The Kier molecular flexibility index (Phi) is 4.60. The van der Waals surface area contributed by atoms with Crippen LogP contribution in [0.15, 0.2) is 0 Å². The van der Waals surface area contributed by atoms with E-state index in [4.69, 9.17) is 5.84 Å². The van der Waals surface area contributed by atoms with Crippen LogP contribution in [0.5, 0.6) is 0 Å². The summed E-state index contributed by atoms with van der Waals surface area (Å²) in [4.78, 5) is 0. The molecule has 0 aliphatic carbocycles. The van der Waals surface area contributed by atoms with E-state index in [0.717, 1.165) is 6.54 Å². The van der Waals surface area contributed by atoms with Gasteiger partial charge in [0.2, 0.25) is 0 Å². The summed E-state index contributed by atoms with van der Waals surface area (Å²) in [5, 5.41) is 3.16. The molecule has 0 fully saturated rings. The first-order chi connectivity index (χ1) is 4.56. The van der Waals surface area contributed by atoms with Gasteiger partial charge in [-0.15, -0.1) is 0 Å². The second-order valence-electron chi connectivity index (χ2n) is 3.69. The Hall–Kier alpha value is -0.120. The Labute approximate surface area is 63.3 Å². The molecule has 0 aliphatic rings. The van der Waals surface area contributed by atoms with E-state index in [-0.39, 0.29) is 0 Å². The fourth-order valence-electron chi connectivity index (χ4n) is 0.624. The number of nitrogens with two attached hydrogens (primary N) is 1. The fourth-order valence-corrected chi connectivity index (χ4v) is 0.624. The van der Waals surface area contributed by atoms with E-state index in [1.165, 1.54) is 6.42 Å². The highest BCUT2D eigenvalue weighted by Gasteiger charge is 2.07.